The van der Waals surface area contributed by atoms with Crippen LogP contribution in [0.5, 0.6) is 5.75 Å². The van der Waals surface area contributed by atoms with Crippen molar-refractivity contribution >= 4 is 17.5 Å². The minimum absolute atomic E-state index is 0.00876. The van der Waals surface area contributed by atoms with E-state index < -0.39 is 0 Å². The van der Waals surface area contributed by atoms with Gasteiger partial charge in [-0.05, 0) is 17.7 Å². The number of hydrogen-bond donors (Lipinski definition) is 2. The van der Waals surface area contributed by atoms with Gasteiger partial charge in [0, 0.05) is 7.11 Å². The Bertz CT molecular complexity index is 466. The molecule has 0 aromatic heterocycles. The number of benzene rings is 1. The van der Waals surface area contributed by atoms with E-state index in [2.05, 4.69) is 5.32 Å². The van der Waals surface area contributed by atoms with Crippen LogP contribution in [0.15, 0.2) is 18.2 Å². The minimum Gasteiger partial charge on any atom is -0.506 e. The molecule has 0 spiro atoms. The van der Waals surface area contributed by atoms with Crippen molar-refractivity contribution in [2.24, 2.45) is 0 Å². The summed E-state index contributed by atoms with van der Waals surface area (Å²) in [5.74, 6) is -0.117. The predicted molar refractivity (Wildman–Crippen MR) is 70.4 cm³/mol. The lowest BCUT2D eigenvalue weighted by atomic mass is 10.1. The predicted octanol–water partition coefficient (Wildman–Crippen LogP) is 1.12. The molecule has 19 heavy (non-hydrogen) atoms. The van der Waals surface area contributed by atoms with Gasteiger partial charge in [0.15, 0.2) is 0 Å². The first kappa shape index (κ1) is 14.1. The molecule has 1 fully saturated rings. The van der Waals surface area contributed by atoms with Crippen LogP contribution in [0.4, 0.5) is 0 Å². The van der Waals surface area contributed by atoms with Crippen LogP contribution in [0.1, 0.15) is 5.56 Å². The molecular formula is C13H16ClNO4. The molecule has 0 unspecified atom stereocenters. The van der Waals surface area contributed by atoms with Crippen LogP contribution in [0.25, 0.3) is 0 Å². The molecule has 1 saturated heterocycles. The molecule has 1 aromatic rings. The maximum absolute atomic E-state index is 11.9. The number of ether oxygens (including phenoxy) is 2. The van der Waals surface area contributed by atoms with Gasteiger partial charge in [-0.15, -0.1) is 0 Å². The van der Waals surface area contributed by atoms with Crippen molar-refractivity contribution in [1.29, 1.82) is 0 Å². The second kappa shape index (κ2) is 6.23. The summed E-state index contributed by atoms with van der Waals surface area (Å²) in [7, 11) is 1.60. The third kappa shape index (κ3) is 3.59. The number of nitrogens with one attached hydrogen (secondary N) is 1. The Hall–Kier alpha value is -1.30. The highest BCUT2D eigenvalue weighted by molar-refractivity contribution is 6.32. The lowest BCUT2D eigenvalue weighted by molar-refractivity contribution is -0.121. The molecule has 104 valence electrons. The van der Waals surface area contributed by atoms with E-state index in [-0.39, 0.29) is 35.2 Å². The monoisotopic (exact) mass is 285 g/mol. The van der Waals surface area contributed by atoms with Crippen LogP contribution in [0, 0.1) is 0 Å². The van der Waals surface area contributed by atoms with Crippen LogP contribution in [0.2, 0.25) is 5.02 Å². The van der Waals surface area contributed by atoms with E-state index in [0.29, 0.717) is 13.2 Å². The number of rotatable bonds is 4. The maximum Gasteiger partial charge on any atom is 0.224 e. The van der Waals surface area contributed by atoms with Gasteiger partial charge in [0.05, 0.1) is 30.7 Å². The summed E-state index contributed by atoms with van der Waals surface area (Å²) in [4.78, 5) is 11.9. The molecule has 0 aliphatic carbocycles. The van der Waals surface area contributed by atoms with Gasteiger partial charge in [-0.3, -0.25) is 4.79 Å². The number of phenols is 1. The molecule has 6 heteroatoms. The lowest BCUT2D eigenvalue weighted by Crippen LogP contribution is -2.44. The van der Waals surface area contributed by atoms with Gasteiger partial charge in [-0.2, -0.15) is 0 Å². The van der Waals surface area contributed by atoms with E-state index in [1.807, 2.05) is 0 Å². The third-order valence-corrected chi connectivity index (χ3v) is 3.36. The molecule has 0 radical (unpaired) electrons. The summed E-state index contributed by atoms with van der Waals surface area (Å²) in [5.41, 5.74) is 0.744. The van der Waals surface area contributed by atoms with Crippen LogP contribution in [-0.4, -0.2) is 43.5 Å². The number of halogens is 1. The van der Waals surface area contributed by atoms with Gasteiger partial charge in [-0.25, -0.2) is 0 Å². The van der Waals surface area contributed by atoms with E-state index in [9.17, 15) is 9.90 Å². The van der Waals surface area contributed by atoms with Crippen LogP contribution in [-0.2, 0) is 20.7 Å². The number of methoxy groups -OCH3 is 1. The molecular weight excluding hydrogens is 270 g/mol. The molecule has 2 atom stereocenters. The van der Waals surface area contributed by atoms with Gasteiger partial charge in [0.25, 0.3) is 0 Å². The smallest absolute Gasteiger partial charge is 0.224 e. The number of carbonyl (C=O) groups excluding carboxylic acids is 1. The summed E-state index contributed by atoms with van der Waals surface area (Å²) < 4.78 is 10.5. The van der Waals surface area contributed by atoms with Gasteiger partial charge in [0.1, 0.15) is 11.9 Å². The molecule has 2 N–H and O–H groups in total. The molecule has 0 saturated carbocycles. The first-order chi connectivity index (χ1) is 9.10. The zero-order valence-corrected chi connectivity index (χ0v) is 11.3. The summed E-state index contributed by atoms with van der Waals surface area (Å²) >= 11 is 5.79. The fourth-order valence-corrected chi connectivity index (χ4v) is 2.21. The average Bonchev–Trinajstić information content (AvgIpc) is 2.81. The summed E-state index contributed by atoms with van der Waals surface area (Å²) in [6.45, 7) is 0.951. The molecule has 1 aliphatic rings. The fraction of sp³-hybridized carbons (Fsp3) is 0.462. The zero-order chi connectivity index (χ0) is 13.8. The second-order valence-corrected chi connectivity index (χ2v) is 4.86. The topological polar surface area (TPSA) is 67.8 Å². The van der Waals surface area contributed by atoms with Gasteiger partial charge in [0.2, 0.25) is 5.91 Å². The Balaban J connectivity index is 1.92. The zero-order valence-electron chi connectivity index (χ0n) is 10.6. The Morgan fingerprint density at radius 1 is 1.58 bits per heavy atom. The third-order valence-electron chi connectivity index (χ3n) is 3.05. The molecule has 2 rings (SSSR count). The van der Waals surface area contributed by atoms with Gasteiger partial charge >= 0.3 is 0 Å². The molecule has 1 aromatic carbocycles. The fourth-order valence-electron chi connectivity index (χ4n) is 2.01. The van der Waals surface area contributed by atoms with Gasteiger partial charge in [-0.1, -0.05) is 17.7 Å². The van der Waals surface area contributed by atoms with Crippen molar-refractivity contribution in [3.8, 4) is 5.75 Å². The van der Waals surface area contributed by atoms with E-state index >= 15 is 0 Å². The molecule has 1 amide bonds. The largest absolute Gasteiger partial charge is 0.506 e. The van der Waals surface area contributed by atoms with E-state index in [1.54, 1.807) is 19.2 Å². The molecule has 5 nitrogen and oxygen atoms in total. The summed E-state index contributed by atoms with van der Waals surface area (Å²) in [5, 5.41) is 12.4. The first-order valence-electron chi connectivity index (χ1n) is 5.97. The average molecular weight is 286 g/mol. The summed E-state index contributed by atoms with van der Waals surface area (Å²) in [6.07, 6.45) is 0.0970. The number of carbonyl (C=O) groups is 1. The standard InChI is InChI=1S/C13H16ClNO4/c1-18-12-7-19-6-10(12)15-13(17)5-8-2-3-11(16)9(14)4-8/h2-4,10,12,16H,5-7H2,1H3,(H,15,17)/t10-,12-/m0/s1. The van der Waals surface area contributed by atoms with Crippen molar-refractivity contribution in [3.05, 3.63) is 28.8 Å². The SMILES string of the molecule is CO[C@H]1COC[C@@H]1NC(=O)Cc1ccc(O)c(Cl)c1. The minimum atomic E-state index is -0.126. The highest BCUT2D eigenvalue weighted by Crippen LogP contribution is 2.23. The first-order valence-corrected chi connectivity index (χ1v) is 6.35. The Kier molecular flexibility index (Phi) is 4.63. The van der Waals surface area contributed by atoms with E-state index in [0.717, 1.165) is 5.56 Å². The van der Waals surface area contributed by atoms with Crippen LogP contribution in [0.3, 0.4) is 0 Å². The second-order valence-electron chi connectivity index (χ2n) is 4.45. The van der Waals surface area contributed by atoms with Crippen molar-refractivity contribution in [1.82, 2.24) is 5.32 Å². The Morgan fingerprint density at radius 2 is 2.37 bits per heavy atom. The van der Waals surface area contributed by atoms with Crippen LogP contribution < -0.4 is 5.32 Å². The number of aromatic hydroxyl groups is 1. The highest BCUT2D eigenvalue weighted by Gasteiger charge is 2.29. The highest BCUT2D eigenvalue weighted by atomic mass is 35.5. The number of hydrogen-bond acceptors (Lipinski definition) is 4. The van der Waals surface area contributed by atoms with Crippen molar-refractivity contribution in [2.75, 3.05) is 20.3 Å². The normalized spacial score (nSPS) is 22.4. The van der Waals surface area contributed by atoms with Crippen LogP contribution >= 0.6 is 11.6 Å². The van der Waals surface area contributed by atoms with E-state index in [4.69, 9.17) is 21.1 Å². The number of phenolic OH excluding ortho intramolecular Hbond substituents is 1. The van der Waals surface area contributed by atoms with Crippen molar-refractivity contribution in [2.45, 2.75) is 18.6 Å². The van der Waals surface area contributed by atoms with E-state index in [1.165, 1.54) is 6.07 Å². The molecule has 0 bridgehead atoms. The quantitative estimate of drug-likeness (QED) is 0.870. The van der Waals surface area contributed by atoms with Crippen molar-refractivity contribution < 1.29 is 19.4 Å². The van der Waals surface area contributed by atoms with Gasteiger partial charge < -0.3 is 19.9 Å². The molecule has 1 aliphatic heterocycles. The Morgan fingerprint density at radius 3 is 3.05 bits per heavy atom. The molecule has 1 heterocycles. The maximum atomic E-state index is 11.9. The number of amides is 1. The van der Waals surface area contributed by atoms with Crippen molar-refractivity contribution in [3.63, 3.8) is 0 Å². The summed E-state index contributed by atoms with van der Waals surface area (Å²) in [6, 6.07) is 4.60. The Labute approximate surface area is 116 Å². The lowest BCUT2D eigenvalue weighted by Gasteiger charge is -2.17.